The van der Waals surface area contributed by atoms with Gasteiger partial charge in [-0.2, -0.15) is 0 Å². The maximum atomic E-state index is 12.2. The topological polar surface area (TPSA) is 55.4 Å². The third kappa shape index (κ3) is 5.88. The third-order valence-corrected chi connectivity index (χ3v) is 2.79. The lowest BCUT2D eigenvalue weighted by atomic mass is 9.95. The largest absolute Gasteiger partial charge is 0.444 e. The van der Waals surface area contributed by atoms with Gasteiger partial charge in [-0.05, 0) is 38.5 Å². The van der Waals surface area contributed by atoms with Crippen molar-refractivity contribution in [2.24, 2.45) is 0 Å². The van der Waals surface area contributed by atoms with Gasteiger partial charge in [-0.3, -0.25) is 10.1 Å². The van der Waals surface area contributed by atoms with Crippen LogP contribution in [0.3, 0.4) is 0 Å². The summed E-state index contributed by atoms with van der Waals surface area (Å²) in [4.78, 5) is 23.8. The van der Waals surface area contributed by atoms with Crippen LogP contribution in [0.2, 0.25) is 5.02 Å². The second-order valence-electron chi connectivity index (χ2n) is 5.50. The molecule has 1 aromatic rings. The molecular weight excluding hydrogens is 290 g/mol. The molecule has 4 nitrogen and oxygen atoms in total. The summed E-state index contributed by atoms with van der Waals surface area (Å²) in [5.41, 5.74) is 0.0186. The van der Waals surface area contributed by atoms with E-state index in [2.05, 4.69) is 11.2 Å². The molecule has 0 radical (unpaired) electrons. The van der Waals surface area contributed by atoms with Gasteiger partial charge in [-0.1, -0.05) is 23.7 Å². The summed E-state index contributed by atoms with van der Waals surface area (Å²) in [7, 11) is 0. The Hall–Kier alpha value is -1.99. The number of nitrogens with one attached hydrogen (secondary N) is 1. The van der Waals surface area contributed by atoms with E-state index < -0.39 is 23.5 Å². The first-order valence-corrected chi connectivity index (χ1v) is 6.83. The van der Waals surface area contributed by atoms with E-state index in [1.54, 1.807) is 45.0 Å². The van der Waals surface area contributed by atoms with Crippen LogP contribution >= 0.6 is 11.6 Å². The molecule has 0 saturated carbocycles. The highest BCUT2D eigenvalue weighted by molar-refractivity contribution is 6.30. The Balaban J connectivity index is 2.81. The number of imide groups is 1. The van der Waals surface area contributed by atoms with Crippen LogP contribution < -0.4 is 5.32 Å². The second-order valence-corrected chi connectivity index (χ2v) is 5.94. The van der Waals surface area contributed by atoms with Crippen molar-refractivity contribution in [3.63, 3.8) is 0 Å². The highest BCUT2D eigenvalue weighted by Crippen LogP contribution is 2.22. The van der Waals surface area contributed by atoms with Gasteiger partial charge in [0.1, 0.15) is 5.60 Å². The van der Waals surface area contributed by atoms with E-state index in [4.69, 9.17) is 22.8 Å². The van der Waals surface area contributed by atoms with E-state index in [1.807, 2.05) is 0 Å². The van der Waals surface area contributed by atoms with Gasteiger partial charge in [0.15, 0.2) is 0 Å². The van der Waals surface area contributed by atoms with E-state index in [0.717, 1.165) is 0 Å². The van der Waals surface area contributed by atoms with Crippen molar-refractivity contribution in [2.75, 3.05) is 0 Å². The number of hydrogen-bond donors (Lipinski definition) is 1. The smallest absolute Gasteiger partial charge is 0.414 e. The van der Waals surface area contributed by atoms with E-state index in [1.165, 1.54) is 0 Å². The number of terminal acetylenes is 1. The first kappa shape index (κ1) is 17.1. The van der Waals surface area contributed by atoms with Gasteiger partial charge >= 0.3 is 6.09 Å². The molecule has 1 aromatic carbocycles. The first-order chi connectivity index (χ1) is 9.73. The molecule has 0 aromatic heterocycles. The Labute approximate surface area is 129 Å². The summed E-state index contributed by atoms with van der Waals surface area (Å²) in [6.07, 6.45) is 4.68. The van der Waals surface area contributed by atoms with Crippen LogP contribution in [-0.4, -0.2) is 17.6 Å². The summed E-state index contributed by atoms with van der Waals surface area (Å²) in [5.74, 6) is 1.32. The zero-order valence-electron chi connectivity index (χ0n) is 12.3. The third-order valence-electron chi connectivity index (χ3n) is 2.53. The van der Waals surface area contributed by atoms with Crippen molar-refractivity contribution in [3.05, 3.63) is 34.9 Å². The number of amides is 2. The Morgan fingerprint density at radius 2 is 1.90 bits per heavy atom. The fraction of sp³-hybridized carbons (Fsp3) is 0.375. The fourth-order valence-electron chi connectivity index (χ4n) is 1.67. The van der Waals surface area contributed by atoms with Gasteiger partial charge in [-0.15, -0.1) is 12.3 Å². The minimum atomic E-state index is -0.788. The molecule has 0 aliphatic carbocycles. The van der Waals surface area contributed by atoms with Crippen molar-refractivity contribution in [2.45, 2.75) is 38.7 Å². The molecule has 21 heavy (non-hydrogen) atoms. The summed E-state index contributed by atoms with van der Waals surface area (Å²) < 4.78 is 5.05. The van der Waals surface area contributed by atoms with E-state index in [-0.39, 0.29) is 6.42 Å². The molecule has 0 spiro atoms. The molecule has 0 aliphatic heterocycles. The molecule has 0 bridgehead atoms. The lowest BCUT2D eigenvalue weighted by molar-refractivity contribution is -0.122. The molecule has 2 amide bonds. The molecule has 0 aliphatic rings. The molecule has 0 saturated heterocycles. The average Bonchev–Trinajstić information content (AvgIpc) is 2.34. The molecule has 0 fully saturated rings. The van der Waals surface area contributed by atoms with Crippen LogP contribution in [0.25, 0.3) is 0 Å². The van der Waals surface area contributed by atoms with Crippen LogP contribution in [0, 0.1) is 12.3 Å². The zero-order valence-corrected chi connectivity index (χ0v) is 13.0. The Bertz CT molecular complexity index is 552. The van der Waals surface area contributed by atoms with Crippen LogP contribution in [0.5, 0.6) is 0 Å². The van der Waals surface area contributed by atoms with Crippen LogP contribution in [0.4, 0.5) is 4.79 Å². The molecule has 1 atom stereocenters. The summed E-state index contributed by atoms with van der Waals surface area (Å²) in [6, 6.07) is 6.75. The summed E-state index contributed by atoms with van der Waals surface area (Å²) >= 11 is 5.81. The number of alkyl carbamates (subject to hydrolysis) is 1. The SMILES string of the molecule is C#CCC(C(=O)NC(=O)OC(C)(C)C)c1ccc(Cl)cc1. The van der Waals surface area contributed by atoms with Crippen molar-refractivity contribution in [3.8, 4) is 12.3 Å². The minimum absolute atomic E-state index is 0.177. The fourth-order valence-corrected chi connectivity index (χ4v) is 1.79. The standard InChI is InChI=1S/C16H18ClNO3/c1-5-6-13(11-7-9-12(17)10-8-11)14(19)18-15(20)21-16(2,3)4/h1,7-10,13H,6H2,2-4H3,(H,18,19,20). The molecule has 1 unspecified atom stereocenters. The van der Waals surface area contributed by atoms with Gasteiger partial charge in [0, 0.05) is 11.4 Å². The van der Waals surface area contributed by atoms with Crippen molar-refractivity contribution in [1.82, 2.24) is 5.32 Å². The van der Waals surface area contributed by atoms with E-state index in [9.17, 15) is 9.59 Å². The number of halogens is 1. The summed E-state index contributed by atoms with van der Waals surface area (Å²) in [5, 5.41) is 2.77. The lowest BCUT2D eigenvalue weighted by Gasteiger charge is -2.20. The monoisotopic (exact) mass is 307 g/mol. The van der Waals surface area contributed by atoms with Crippen molar-refractivity contribution < 1.29 is 14.3 Å². The van der Waals surface area contributed by atoms with Crippen molar-refractivity contribution in [1.29, 1.82) is 0 Å². The van der Waals surface area contributed by atoms with Crippen LogP contribution in [-0.2, 0) is 9.53 Å². The Morgan fingerprint density at radius 1 is 1.33 bits per heavy atom. The lowest BCUT2D eigenvalue weighted by Crippen LogP contribution is -2.38. The molecular formula is C16H18ClNO3. The maximum Gasteiger partial charge on any atom is 0.414 e. The number of carbonyl (C=O) groups excluding carboxylic acids is 2. The van der Waals surface area contributed by atoms with Gasteiger partial charge in [0.05, 0.1) is 5.92 Å². The van der Waals surface area contributed by atoms with Crippen LogP contribution in [0.1, 0.15) is 38.7 Å². The summed E-state index contributed by atoms with van der Waals surface area (Å²) in [6.45, 7) is 5.15. The highest BCUT2D eigenvalue weighted by Gasteiger charge is 2.24. The molecule has 5 heteroatoms. The van der Waals surface area contributed by atoms with Gasteiger partial charge in [0.25, 0.3) is 0 Å². The average molecular weight is 308 g/mol. The zero-order chi connectivity index (χ0) is 16.0. The predicted octanol–water partition coefficient (Wildman–Crippen LogP) is 3.50. The van der Waals surface area contributed by atoms with Gasteiger partial charge in [0.2, 0.25) is 5.91 Å². The molecule has 1 rings (SSSR count). The maximum absolute atomic E-state index is 12.2. The van der Waals surface area contributed by atoms with Crippen LogP contribution in [0.15, 0.2) is 24.3 Å². The number of carbonyl (C=O) groups is 2. The molecule has 1 N–H and O–H groups in total. The Morgan fingerprint density at radius 3 is 2.38 bits per heavy atom. The predicted molar refractivity (Wildman–Crippen MR) is 82.0 cm³/mol. The highest BCUT2D eigenvalue weighted by atomic mass is 35.5. The first-order valence-electron chi connectivity index (χ1n) is 6.45. The quantitative estimate of drug-likeness (QED) is 0.870. The number of hydrogen-bond acceptors (Lipinski definition) is 3. The van der Waals surface area contributed by atoms with Crippen molar-refractivity contribution >= 4 is 23.6 Å². The number of benzene rings is 1. The van der Waals surface area contributed by atoms with E-state index in [0.29, 0.717) is 10.6 Å². The van der Waals surface area contributed by atoms with Gasteiger partial charge < -0.3 is 4.74 Å². The minimum Gasteiger partial charge on any atom is -0.444 e. The number of ether oxygens (including phenoxy) is 1. The second kappa shape index (κ2) is 7.14. The molecule has 112 valence electrons. The number of rotatable bonds is 3. The van der Waals surface area contributed by atoms with Gasteiger partial charge in [-0.25, -0.2) is 4.79 Å². The normalized spacial score (nSPS) is 12.1. The molecule has 0 heterocycles. The van der Waals surface area contributed by atoms with E-state index >= 15 is 0 Å². The Kier molecular flexibility index (Phi) is 5.80.